The molecule has 14 aromatic rings. The quantitative estimate of drug-likeness (QED) is 0.166. The lowest BCUT2D eigenvalue weighted by molar-refractivity contribution is 0.669. The zero-order chi connectivity index (χ0) is 43.0. The zero-order valence-corrected chi connectivity index (χ0v) is 36.2. The molecule has 5 heteroatoms. The highest BCUT2D eigenvalue weighted by molar-refractivity contribution is 7.99. The highest BCUT2D eigenvalue weighted by Gasteiger charge is 2.28. The molecule has 4 heterocycles. The van der Waals surface area contributed by atoms with E-state index in [1.165, 1.54) is 75.4 Å². The van der Waals surface area contributed by atoms with Gasteiger partial charge in [-0.05, 0) is 145 Å². The topological polar surface area (TPSA) is 33.7 Å². The van der Waals surface area contributed by atoms with Crippen molar-refractivity contribution in [1.29, 1.82) is 0 Å². The summed E-state index contributed by atoms with van der Waals surface area (Å²) in [6, 6.07) is 77.5. The Kier molecular flexibility index (Phi) is 7.40. The molecule has 0 atom stereocenters. The van der Waals surface area contributed by atoms with E-state index >= 15 is 0 Å². The van der Waals surface area contributed by atoms with Gasteiger partial charge in [0.05, 0.1) is 27.9 Å². The minimum atomic E-state index is 0.904. The Bertz CT molecular complexity index is 4390. The third kappa shape index (κ3) is 5.09. The van der Waals surface area contributed by atoms with Crippen molar-refractivity contribution >= 4 is 121 Å². The van der Waals surface area contributed by atoms with Crippen LogP contribution in [-0.4, -0.2) is 9.38 Å². The Morgan fingerprint density at radius 3 is 1.92 bits per heavy atom. The van der Waals surface area contributed by atoms with E-state index in [9.17, 15) is 0 Å². The molecule has 0 N–H and O–H groups in total. The molecule has 0 saturated heterocycles. The van der Waals surface area contributed by atoms with Crippen LogP contribution in [0.15, 0.2) is 227 Å². The number of pyridine rings is 1. The largest absolute Gasteiger partial charge is 0.456 e. The molecule has 3 aromatic heterocycles. The van der Waals surface area contributed by atoms with Crippen LogP contribution in [0.4, 0.5) is 17.1 Å². The minimum absolute atomic E-state index is 0.904. The third-order valence-corrected chi connectivity index (χ3v) is 15.0. The first-order valence-electron chi connectivity index (χ1n) is 22.4. The molecule has 66 heavy (non-hydrogen) atoms. The zero-order valence-electron chi connectivity index (χ0n) is 35.4. The molecule has 306 valence electrons. The van der Waals surface area contributed by atoms with Crippen LogP contribution in [0.1, 0.15) is 0 Å². The van der Waals surface area contributed by atoms with E-state index in [2.05, 4.69) is 209 Å². The number of nitrogens with zero attached hydrogens (tertiary/aromatic N) is 3. The number of anilines is 3. The van der Waals surface area contributed by atoms with Gasteiger partial charge in [0.15, 0.2) is 0 Å². The fraction of sp³-hybridized carbons (Fsp3) is 0. The highest BCUT2D eigenvalue weighted by atomic mass is 32.2. The maximum atomic E-state index is 6.34. The number of benzene rings is 11. The molecule has 0 unspecified atom stereocenters. The summed E-state index contributed by atoms with van der Waals surface area (Å²) in [6.07, 6.45) is 0. The van der Waals surface area contributed by atoms with Gasteiger partial charge >= 0.3 is 0 Å². The minimum Gasteiger partial charge on any atom is -0.456 e. The van der Waals surface area contributed by atoms with Crippen molar-refractivity contribution in [2.75, 3.05) is 4.90 Å². The number of furan rings is 1. The molecule has 0 bridgehead atoms. The second-order valence-electron chi connectivity index (χ2n) is 17.4. The Morgan fingerprint density at radius 1 is 0.379 bits per heavy atom. The molecule has 0 aliphatic carbocycles. The fourth-order valence-electron chi connectivity index (χ4n) is 11.0. The van der Waals surface area contributed by atoms with Gasteiger partial charge in [0, 0.05) is 37.0 Å². The van der Waals surface area contributed by atoms with Gasteiger partial charge in [0.1, 0.15) is 16.8 Å². The Hall–Kier alpha value is -8.38. The van der Waals surface area contributed by atoms with Crippen LogP contribution in [0.2, 0.25) is 0 Å². The second kappa shape index (κ2) is 13.6. The molecule has 0 fully saturated rings. The SMILES string of the molecule is c1ccc(N2c3ccc(-c4ccc5c(c4)oc4ccccc45)cc3Sc3cc4c(cc32)c2ccccc2c2c(-c3ccc5c(c3)c3ccccc3n3c6ccccc6nc53)cccc42)cc1. The highest BCUT2D eigenvalue weighted by Crippen LogP contribution is 2.55. The van der Waals surface area contributed by atoms with E-state index in [0.717, 1.165) is 66.3 Å². The Morgan fingerprint density at radius 2 is 1.02 bits per heavy atom. The molecule has 4 nitrogen and oxygen atoms in total. The first-order chi connectivity index (χ1) is 32.7. The van der Waals surface area contributed by atoms with Crippen molar-refractivity contribution in [3.8, 4) is 22.3 Å². The van der Waals surface area contributed by atoms with Crippen molar-refractivity contribution in [2.24, 2.45) is 0 Å². The Labute approximate surface area is 382 Å². The molecule has 0 saturated carbocycles. The number of imidazole rings is 1. The predicted octanol–water partition coefficient (Wildman–Crippen LogP) is 17.4. The fourth-order valence-corrected chi connectivity index (χ4v) is 12.1. The van der Waals surface area contributed by atoms with Crippen LogP contribution in [0.5, 0.6) is 0 Å². The van der Waals surface area contributed by atoms with Crippen LogP contribution in [0, 0.1) is 0 Å². The summed E-state index contributed by atoms with van der Waals surface area (Å²) in [7, 11) is 0. The second-order valence-corrected chi connectivity index (χ2v) is 18.5. The van der Waals surface area contributed by atoms with Crippen molar-refractivity contribution in [2.45, 2.75) is 9.79 Å². The smallest absolute Gasteiger partial charge is 0.146 e. The molecule has 15 rings (SSSR count). The first-order valence-corrected chi connectivity index (χ1v) is 23.3. The van der Waals surface area contributed by atoms with Gasteiger partial charge in [0.25, 0.3) is 0 Å². The van der Waals surface area contributed by atoms with Crippen molar-refractivity contribution in [1.82, 2.24) is 9.38 Å². The van der Waals surface area contributed by atoms with E-state index in [0.29, 0.717) is 0 Å². The summed E-state index contributed by atoms with van der Waals surface area (Å²) in [5, 5.41) is 13.3. The van der Waals surface area contributed by atoms with Gasteiger partial charge in [-0.2, -0.15) is 0 Å². The monoisotopic (exact) mass is 857 g/mol. The van der Waals surface area contributed by atoms with Crippen LogP contribution in [0.3, 0.4) is 0 Å². The van der Waals surface area contributed by atoms with E-state index in [4.69, 9.17) is 9.40 Å². The van der Waals surface area contributed by atoms with E-state index in [1.54, 1.807) is 0 Å². The predicted molar refractivity (Wildman–Crippen MR) is 277 cm³/mol. The van der Waals surface area contributed by atoms with Gasteiger partial charge in [-0.1, -0.05) is 139 Å². The van der Waals surface area contributed by atoms with Gasteiger partial charge in [-0.3, -0.25) is 4.40 Å². The number of aromatic nitrogens is 2. The molecule has 1 aliphatic rings. The maximum Gasteiger partial charge on any atom is 0.146 e. The summed E-state index contributed by atoms with van der Waals surface area (Å²) in [4.78, 5) is 10.1. The van der Waals surface area contributed by atoms with Crippen LogP contribution in [-0.2, 0) is 0 Å². The van der Waals surface area contributed by atoms with Crippen molar-refractivity contribution < 1.29 is 4.42 Å². The molecule has 11 aromatic carbocycles. The lowest BCUT2D eigenvalue weighted by Gasteiger charge is -2.34. The van der Waals surface area contributed by atoms with E-state index in [1.807, 2.05) is 23.9 Å². The lowest BCUT2D eigenvalue weighted by atomic mass is 9.88. The van der Waals surface area contributed by atoms with Crippen molar-refractivity contribution in [3.05, 3.63) is 212 Å². The summed E-state index contributed by atoms with van der Waals surface area (Å²) in [6.45, 7) is 0. The van der Waals surface area contributed by atoms with E-state index in [-0.39, 0.29) is 0 Å². The van der Waals surface area contributed by atoms with Crippen LogP contribution < -0.4 is 4.90 Å². The molecular formula is C61H35N3OS. The Balaban J connectivity index is 0.939. The van der Waals surface area contributed by atoms with Gasteiger partial charge < -0.3 is 9.32 Å². The summed E-state index contributed by atoms with van der Waals surface area (Å²) < 4.78 is 8.66. The summed E-state index contributed by atoms with van der Waals surface area (Å²) >= 11 is 1.86. The average Bonchev–Trinajstić information content (AvgIpc) is 3.96. The molecular weight excluding hydrogens is 823 g/mol. The van der Waals surface area contributed by atoms with Gasteiger partial charge in [-0.25, -0.2) is 4.98 Å². The number of hydrogen-bond acceptors (Lipinski definition) is 4. The average molecular weight is 858 g/mol. The molecule has 0 radical (unpaired) electrons. The first kappa shape index (κ1) is 36.0. The maximum absolute atomic E-state index is 6.34. The van der Waals surface area contributed by atoms with E-state index < -0.39 is 0 Å². The summed E-state index contributed by atoms with van der Waals surface area (Å²) in [5.41, 5.74) is 14.3. The standard InChI is InChI=1S/C61H35N3OS/c1-2-13-39(14-3-1)63-54-30-27-37(36-25-28-44-43-17-7-11-24-56(43)65-57(44)32-36)33-58(54)66-59-35-50-46-20-12-19-40(60(46)45-18-5-4-15-41(45)49(50)34-55(59)63)38-26-29-47-48(31-38)42-16-6-9-22-52(42)64-53-23-10-8-21-51(53)62-61(47)64/h1-35H. The number of para-hydroxylation sites is 5. The molecule has 1 aliphatic heterocycles. The number of rotatable bonds is 3. The molecule has 0 amide bonds. The lowest BCUT2D eigenvalue weighted by Crippen LogP contribution is -2.15. The third-order valence-electron chi connectivity index (χ3n) is 13.9. The normalized spacial score (nSPS) is 12.8. The number of hydrogen-bond donors (Lipinski definition) is 0. The summed E-state index contributed by atoms with van der Waals surface area (Å²) in [5.74, 6) is 0. The van der Waals surface area contributed by atoms with Gasteiger partial charge in [-0.15, -0.1) is 0 Å². The number of fused-ring (bicyclic) bond motifs is 19. The van der Waals surface area contributed by atoms with Gasteiger partial charge in [0.2, 0.25) is 0 Å². The van der Waals surface area contributed by atoms with Crippen LogP contribution in [0.25, 0.3) is 115 Å². The molecule has 0 spiro atoms. The van der Waals surface area contributed by atoms with Crippen molar-refractivity contribution in [3.63, 3.8) is 0 Å². The van der Waals surface area contributed by atoms with Crippen LogP contribution >= 0.6 is 11.8 Å².